The van der Waals surface area contributed by atoms with Crippen molar-refractivity contribution in [3.05, 3.63) is 63.9 Å². The van der Waals surface area contributed by atoms with E-state index in [1.165, 1.54) is 23.1 Å². The molecule has 1 aliphatic rings. The molecule has 0 aromatic heterocycles. The number of rotatable bonds is 3. The number of hydrogen-bond acceptors (Lipinski definition) is 2. The fourth-order valence-corrected chi connectivity index (χ4v) is 3.33. The van der Waals surface area contributed by atoms with Crippen LogP contribution in [-0.2, 0) is 4.79 Å². The number of piperidine rings is 1. The van der Waals surface area contributed by atoms with Gasteiger partial charge in [0.25, 0.3) is 5.91 Å². The number of hydrogen-bond donors (Lipinski definition) is 1. The first-order valence-corrected chi connectivity index (χ1v) is 9.04. The quantitative estimate of drug-likeness (QED) is 0.814. The highest BCUT2D eigenvalue weighted by Gasteiger charge is 2.32. The van der Waals surface area contributed by atoms with Crippen LogP contribution in [0.1, 0.15) is 29.6 Å². The number of benzene rings is 2. The summed E-state index contributed by atoms with van der Waals surface area (Å²) in [6, 6.07) is 9.68. The van der Waals surface area contributed by atoms with Crippen molar-refractivity contribution in [1.29, 1.82) is 0 Å². The molecule has 1 unspecified atom stereocenters. The Morgan fingerprint density at radius 1 is 1.08 bits per heavy atom. The largest absolute Gasteiger partial charge is 0.327 e. The topological polar surface area (TPSA) is 49.4 Å². The lowest BCUT2D eigenvalue weighted by molar-refractivity contribution is -0.121. The van der Waals surface area contributed by atoms with Crippen LogP contribution in [0.25, 0.3) is 0 Å². The van der Waals surface area contributed by atoms with Crippen molar-refractivity contribution in [2.45, 2.75) is 25.3 Å². The smallest absolute Gasteiger partial charge is 0.254 e. The first-order valence-electron chi connectivity index (χ1n) is 8.28. The van der Waals surface area contributed by atoms with Crippen LogP contribution < -0.4 is 5.32 Å². The van der Waals surface area contributed by atoms with Crippen LogP contribution in [0.2, 0.25) is 10.0 Å². The van der Waals surface area contributed by atoms with Gasteiger partial charge in [-0.15, -0.1) is 0 Å². The molecule has 7 heteroatoms. The fourth-order valence-electron chi connectivity index (χ4n) is 3.03. The average molecular weight is 395 g/mol. The highest BCUT2D eigenvalue weighted by molar-refractivity contribution is 6.42. The van der Waals surface area contributed by atoms with Gasteiger partial charge < -0.3 is 10.2 Å². The molecule has 2 aromatic rings. The monoisotopic (exact) mass is 394 g/mol. The highest BCUT2D eigenvalue weighted by Crippen LogP contribution is 2.26. The van der Waals surface area contributed by atoms with Gasteiger partial charge in [0.05, 0.1) is 10.0 Å². The third-order valence-corrected chi connectivity index (χ3v) is 5.06. The third-order valence-electron chi connectivity index (χ3n) is 4.33. The van der Waals surface area contributed by atoms with Crippen LogP contribution in [0.3, 0.4) is 0 Å². The normalized spacial score (nSPS) is 17.0. The summed E-state index contributed by atoms with van der Waals surface area (Å²) in [7, 11) is 0. The number of anilines is 1. The summed E-state index contributed by atoms with van der Waals surface area (Å²) in [5.41, 5.74) is 0.743. The van der Waals surface area contributed by atoms with Crippen molar-refractivity contribution in [2.75, 3.05) is 11.9 Å². The Kier molecular flexibility index (Phi) is 5.79. The van der Waals surface area contributed by atoms with E-state index < -0.39 is 11.9 Å². The maximum absolute atomic E-state index is 13.4. The molecular formula is C19H17Cl2FN2O2. The molecule has 0 spiro atoms. The molecule has 1 aliphatic heterocycles. The Labute approximate surface area is 160 Å². The lowest BCUT2D eigenvalue weighted by atomic mass is 10.00. The average Bonchev–Trinajstić information content (AvgIpc) is 2.64. The number of nitrogens with one attached hydrogen (secondary N) is 1. The van der Waals surface area contributed by atoms with Gasteiger partial charge >= 0.3 is 0 Å². The Hall–Kier alpha value is -2.11. The molecule has 1 atom stereocenters. The zero-order valence-electron chi connectivity index (χ0n) is 13.8. The highest BCUT2D eigenvalue weighted by atomic mass is 35.5. The zero-order valence-corrected chi connectivity index (χ0v) is 15.4. The van der Waals surface area contributed by atoms with Crippen LogP contribution in [0.15, 0.2) is 42.5 Å². The van der Waals surface area contributed by atoms with Gasteiger partial charge in [0, 0.05) is 17.8 Å². The Morgan fingerprint density at radius 2 is 1.88 bits per heavy atom. The van der Waals surface area contributed by atoms with E-state index >= 15 is 0 Å². The minimum atomic E-state index is -0.617. The van der Waals surface area contributed by atoms with Crippen molar-refractivity contribution in [3.63, 3.8) is 0 Å². The van der Waals surface area contributed by atoms with Crippen molar-refractivity contribution >= 4 is 40.7 Å². The summed E-state index contributed by atoms with van der Waals surface area (Å²) in [5.74, 6) is -1.13. The minimum Gasteiger partial charge on any atom is -0.327 e. The second kappa shape index (κ2) is 8.06. The molecule has 4 nitrogen and oxygen atoms in total. The van der Waals surface area contributed by atoms with E-state index in [0.717, 1.165) is 12.8 Å². The standard InChI is InChI=1S/C19H17Cl2FN2O2/c20-15-8-7-14(11-16(15)21)23-18(25)17-6-1-2-9-24(17)19(26)12-4-3-5-13(22)10-12/h3-5,7-8,10-11,17H,1-2,6,9H2,(H,23,25). The van der Waals surface area contributed by atoms with E-state index in [4.69, 9.17) is 23.2 Å². The van der Waals surface area contributed by atoms with E-state index in [0.29, 0.717) is 28.7 Å². The fraction of sp³-hybridized carbons (Fsp3) is 0.263. The first-order chi connectivity index (χ1) is 12.5. The molecule has 0 radical (unpaired) electrons. The second-order valence-corrected chi connectivity index (χ2v) is 6.95. The van der Waals surface area contributed by atoms with Gasteiger partial charge in [-0.3, -0.25) is 9.59 Å². The lowest BCUT2D eigenvalue weighted by Gasteiger charge is -2.34. The molecule has 1 fully saturated rings. The van der Waals surface area contributed by atoms with Gasteiger partial charge in [0.15, 0.2) is 0 Å². The van der Waals surface area contributed by atoms with E-state index in [9.17, 15) is 14.0 Å². The number of likely N-dealkylation sites (tertiary alicyclic amines) is 1. The predicted molar refractivity (Wildman–Crippen MR) is 100 cm³/mol. The number of nitrogens with zero attached hydrogens (tertiary/aromatic N) is 1. The van der Waals surface area contributed by atoms with Crippen molar-refractivity contribution in [2.24, 2.45) is 0 Å². The first kappa shape index (κ1) is 18.7. The molecule has 1 saturated heterocycles. The number of amides is 2. The number of carbonyl (C=O) groups is 2. The van der Waals surface area contributed by atoms with E-state index in [1.54, 1.807) is 24.3 Å². The number of carbonyl (C=O) groups excluding carboxylic acids is 2. The van der Waals surface area contributed by atoms with Gasteiger partial charge in [-0.05, 0) is 55.7 Å². The molecule has 136 valence electrons. The van der Waals surface area contributed by atoms with Crippen LogP contribution in [0.4, 0.5) is 10.1 Å². The summed E-state index contributed by atoms with van der Waals surface area (Å²) in [6.45, 7) is 0.453. The minimum absolute atomic E-state index is 0.235. The van der Waals surface area contributed by atoms with Crippen LogP contribution in [-0.4, -0.2) is 29.3 Å². The summed E-state index contributed by atoms with van der Waals surface area (Å²) in [4.78, 5) is 27.0. The Bertz CT molecular complexity index is 844. The van der Waals surface area contributed by atoms with Crippen molar-refractivity contribution < 1.29 is 14.0 Å². The molecule has 2 amide bonds. The molecule has 1 N–H and O–H groups in total. The zero-order chi connectivity index (χ0) is 18.7. The molecule has 0 aliphatic carbocycles. The molecular weight excluding hydrogens is 378 g/mol. The Balaban J connectivity index is 1.78. The van der Waals surface area contributed by atoms with Crippen LogP contribution >= 0.6 is 23.2 Å². The van der Waals surface area contributed by atoms with E-state index in [1.807, 2.05) is 0 Å². The maximum atomic E-state index is 13.4. The number of halogens is 3. The van der Waals surface area contributed by atoms with Gasteiger partial charge in [-0.1, -0.05) is 29.3 Å². The Morgan fingerprint density at radius 3 is 2.62 bits per heavy atom. The molecule has 3 rings (SSSR count). The second-order valence-electron chi connectivity index (χ2n) is 6.14. The van der Waals surface area contributed by atoms with Gasteiger partial charge in [0.1, 0.15) is 11.9 Å². The van der Waals surface area contributed by atoms with E-state index in [2.05, 4.69) is 5.32 Å². The van der Waals surface area contributed by atoms with E-state index in [-0.39, 0.29) is 17.4 Å². The molecule has 26 heavy (non-hydrogen) atoms. The predicted octanol–water partition coefficient (Wildman–Crippen LogP) is 4.77. The molecule has 0 saturated carbocycles. The van der Waals surface area contributed by atoms with Crippen LogP contribution in [0, 0.1) is 5.82 Å². The van der Waals surface area contributed by atoms with Crippen molar-refractivity contribution in [1.82, 2.24) is 4.90 Å². The van der Waals surface area contributed by atoms with Gasteiger partial charge in [-0.2, -0.15) is 0 Å². The third kappa shape index (κ3) is 4.17. The molecule has 2 aromatic carbocycles. The van der Waals surface area contributed by atoms with Crippen LogP contribution in [0.5, 0.6) is 0 Å². The van der Waals surface area contributed by atoms with Gasteiger partial charge in [0.2, 0.25) is 5.91 Å². The van der Waals surface area contributed by atoms with Gasteiger partial charge in [-0.25, -0.2) is 4.39 Å². The SMILES string of the molecule is O=C(Nc1ccc(Cl)c(Cl)c1)C1CCCCN1C(=O)c1cccc(F)c1. The lowest BCUT2D eigenvalue weighted by Crippen LogP contribution is -2.50. The van der Waals surface area contributed by atoms with Crippen molar-refractivity contribution in [3.8, 4) is 0 Å². The molecule has 1 heterocycles. The summed E-state index contributed by atoms with van der Waals surface area (Å²) < 4.78 is 13.4. The summed E-state index contributed by atoms with van der Waals surface area (Å²) in [6.07, 6.45) is 2.19. The molecule has 0 bridgehead atoms. The summed E-state index contributed by atoms with van der Waals surface area (Å²) >= 11 is 11.9. The maximum Gasteiger partial charge on any atom is 0.254 e. The summed E-state index contributed by atoms with van der Waals surface area (Å²) in [5, 5.41) is 3.51.